The van der Waals surface area contributed by atoms with Gasteiger partial charge < -0.3 is 10.2 Å². The first-order valence-electron chi connectivity index (χ1n) is 7.31. The smallest absolute Gasteiger partial charge is 0.255 e. The maximum absolute atomic E-state index is 12.7. The number of nitrogens with one attached hydrogen (secondary N) is 1. The molecule has 1 amide bonds. The van der Waals surface area contributed by atoms with Crippen LogP contribution in [0.3, 0.4) is 0 Å². The molecule has 0 saturated carbocycles. The van der Waals surface area contributed by atoms with Crippen LogP contribution in [0.15, 0.2) is 18.2 Å². The predicted molar refractivity (Wildman–Crippen MR) is 82.4 cm³/mol. The Bertz CT molecular complexity index is 669. The van der Waals surface area contributed by atoms with Crippen LogP contribution >= 0.6 is 0 Å². The number of para-hydroxylation sites is 1. The Labute approximate surface area is 125 Å². The normalized spacial score (nSPS) is 23.2. The highest BCUT2D eigenvalue weighted by Gasteiger charge is 2.33. The van der Waals surface area contributed by atoms with Crippen molar-refractivity contribution in [3.63, 3.8) is 0 Å². The summed E-state index contributed by atoms with van der Waals surface area (Å²) in [5.41, 5.74) is 2.74. The second-order valence-electron chi connectivity index (χ2n) is 5.84. The van der Waals surface area contributed by atoms with Crippen molar-refractivity contribution < 1.29 is 13.2 Å². The summed E-state index contributed by atoms with van der Waals surface area (Å²) < 4.78 is 23.2. The van der Waals surface area contributed by atoms with Gasteiger partial charge in [0.2, 0.25) is 0 Å². The van der Waals surface area contributed by atoms with Crippen molar-refractivity contribution in [2.75, 3.05) is 30.4 Å². The number of amides is 1. The van der Waals surface area contributed by atoms with Gasteiger partial charge in [-0.15, -0.1) is 0 Å². The highest BCUT2D eigenvalue weighted by atomic mass is 32.2. The van der Waals surface area contributed by atoms with Gasteiger partial charge in [0.05, 0.1) is 22.8 Å². The molecule has 3 rings (SSSR count). The molecule has 1 saturated heterocycles. The van der Waals surface area contributed by atoms with Gasteiger partial charge in [-0.05, 0) is 30.9 Å². The number of hydrogen-bond acceptors (Lipinski definition) is 4. The van der Waals surface area contributed by atoms with E-state index < -0.39 is 9.84 Å². The molecule has 5 nitrogen and oxygen atoms in total. The van der Waals surface area contributed by atoms with E-state index in [9.17, 15) is 13.2 Å². The maximum atomic E-state index is 12.7. The zero-order valence-electron chi connectivity index (χ0n) is 12.1. The molecule has 0 aromatic heterocycles. The number of sulfone groups is 1. The molecule has 6 heteroatoms. The fourth-order valence-electron chi connectivity index (χ4n) is 3.12. The highest BCUT2D eigenvalue weighted by molar-refractivity contribution is 7.91. The molecule has 1 unspecified atom stereocenters. The summed E-state index contributed by atoms with van der Waals surface area (Å²) in [7, 11) is -1.28. The zero-order valence-corrected chi connectivity index (χ0v) is 12.9. The SMILES string of the molecule is CN(C(=O)c1cccc2c1NCCC2)C1CCS(=O)(=O)C1. The van der Waals surface area contributed by atoms with E-state index in [4.69, 9.17) is 0 Å². The van der Waals surface area contributed by atoms with Gasteiger partial charge in [-0.1, -0.05) is 12.1 Å². The van der Waals surface area contributed by atoms with E-state index >= 15 is 0 Å². The van der Waals surface area contributed by atoms with Crippen molar-refractivity contribution in [2.45, 2.75) is 25.3 Å². The Morgan fingerprint density at radius 3 is 2.90 bits per heavy atom. The quantitative estimate of drug-likeness (QED) is 0.894. The van der Waals surface area contributed by atoms with Gasteiger partial charge in [-0.3, -0.25) is 4.79 Å². The van der Waals surface area contributed by atoms with Gasteiger partial charge >= 0.3 is 0 Å². The second-order valence-corrected chi connectivity index (χ2v) is 8.07. The Balaban J connectivity index is 1.85. The lowest BCUT2D eigenvalue weighted by Gasteiger charge is -2.27. The molecule has 1 N–H and O–H groups in total. The number of fused-ring (bicyclic) bond motifs is 1. The van der Waals surface area contributed by atoms with Crippen LogP contribution in [0.2, 0.25) is 0 Å². The van der Waals surface area contributed by atoms with E-state index in [-0.39, 0.29) is 23.5 Å². The average molecular weight is 308 g/mol. The number of benzene rings is 1. The van der Waals surface area contributed by atoms with Gasteiger partial charge in [-0.2, -0.15) is 0 Å². The van der Waals surface area contributed by atoms with Crippen LogP contribution in [0.25, 0.3) is 0 Å². The van der Waals surface area contributed by atoms with Gasteiger partial charge in [-0.25, -0.2) is 8.42 Å². The van der Waals surface area contributed by atoms with Gasteiger partial charge in [0.25, 0.3) is 5.91 Å². The number of carbonyl (C=O) groups is 1. The topological polar surface area (TPSA) is 66.5 Å². The molecule has 1 aromatic carbocycles. The van der Waals surface area contributed by atoms with Crippen LogP contribution in [-0.2, 0) is 16.3 Å². The molecule has 1 atom stereocenters. The summed E-state index contributed by atoms with van der Waals surface area (Å²) in [4.78, 5) is 14.3. The largest absolute Gasteiger partial charge is 0.384 e. The number of nitrogens with zero attached hydrogens (tertiary/aromatic N) is 1. The fraction of sp³-hybridized carbons (Fsp3) is 0.533. The minimum Gasteiger partial charge on any atom is -0.384 e. The number of anilines is 1. The fourth-order valence-corrected chi connectivity index (χ4v) is 4.90. The summed E-state index contributed by atoms with van der Waals surface area (Å²) in [6.45, 7) is 0.874. The van der Waals surface area contributed by atoms with E-state index in [1.165, 1.54) is 5.56 Å². The first kappa shape index (κ1) is 14.4. The third-order valence-corrected chi connectivity index (χ3v) is 6.13. The van der Waals surface area contributed by atoms with Crippen molar-refractivity contribution in [3.05, 3.63) is 29.3 Å². The van der Waals surface area contributed by atoms with Crippen LogP contribution in [0, 0.1) is 0 Å². The summed E-state index contributed by atoms with van der Waals surface area (Å²) in [6.07, 6.45) is 2.58. The van der Waals surface area contributed by atoms with Crippen molar-refractivity contribution in [1.29, 1.82) is 0 Å². The molecule has 2 aliphatic rings. The van der Waals surface area contributed by atoms with Crippen LogP contribution in [0.1, 0.15) is 28.8 Å². The molecule has 0 bridgehead atoms. The molecule has 0 radical (unpaired) electrons. The van der Waals surface area contributed by atoms with E-state index in [1.807, 2.05) is 18.2 Å². The number of rotatable bonds is 2. The summed E-state index contributed by atoms with van der Waals surface area (Å²) in [5, 5.41) is 3.31. The zero-order chi connectivity index (χ0) is 15.0. The third-order valence-electron chi connectivity index (χ3n) is 4.38. The van der Waals surface area contributed by atoms with Crippen LogP contribution in [0.5, 0.6) is 0 Å². The molecule has 0 spiro atoms. The number of carbonyl (C=O) groups excluding carboxylic acids is 1. The Kier molecular flexibility index (Phi) is 3.65. The molecule has 21 heavy (non-hydrogen) atoms. The summed E-state index contributed by atoms with van der Waals surface area (Å²) in [6, 6.07) is 5.55. The molecule has 1 fully saturated rings. The van der Waals surface area contributed by atoms with E-state index in [2.05, 4.69) is 5.32 Å². The Morgan fingerprint density at radius 1 is 1.38 bits per heavy atom. The molecular formula is C15H20N2O3S. The van der Waals surface area contributed by atoms with Crippen molar-refractivity contribution in [1.82, 2.24) is 4.90 Å². The van der Waals surface area contributed by atoms with Crippen LogP contribution < -0.4 is 5.32 Å². The summed E-state index contributed by atoms with van der Waals surface area (Å²) >= 11 is 0. The molecule has 114 valence electrons. The average Bonchev–Trinajstić information content (AvgIpc) is 2.85. The monoisotopic (exact) mass is 308 g/mol. The minimum atomic E-state index is -2.98. The minimum absolute atomic E-state index is 0.0810. The first-order chi connectivity index (χ1) is 9.98. The van der Waals surface area contributed by atoms with Gasteiger partial charge in [0, 0.05) is 19.6 Å². The van der Waals surface area contributed by atoms with Crippen molar-refractivity contribution in [2.24, 2.45) is 0 Å². The third kappa shape index (κ3) is 2.77. The van der Waals surface area contributed by atoms with Crippen LogP contribution in [0.4, 0.5) is 5.69 Å². The number of hydrogen-bond donors (Lipinski definition) is 1. The summed E-state index contributed by atoms with van der Waals surface area (Å²) in [5.74, 6) is 0.168. The Morgan fingerprint density at radius 2 is 2.19 bits per heavy atom. The first-order valence-corrected chi connectivity index (χ1v) is 9.13. The lowest BCUT2D eigenvalue weighted by atomic mass is 9.98. The maximum Gasteiger partial charge on any atom is 0.255 e. The molecule has 0 aliphatic carbocycles. The molecule has 2 aliphatic heterocycles. The number of aryl methyl sites for hydroxylation is 1. The second kappa shape index (κ2) is 5.33. The highest BCUT2D eigenvalue weighted by Crippen LogP contribution is 2.28. The van der Waals surface area contributed by atoms with E-state index in [0.29, 0.717) is 12.0 Å². The van der Waals surface area contributed by atoms with Crippen LogP contribution in [-0.4, -0.2) is 50.4 Å². The van der Waals surface area contributed by atoms with Crippen molar-refractivity contribution in [3.8, 4) is 0 Å². The van der Waals surface area contributed by atoms with E-state index in [0.717, 1.165) is 25.1 Å². The van der Waals surface area contributed by atoms with Gasteiger partial charge in [0.15, 0.2) is 9.84 Å². The lowest BCUT2D eigenvalue weighted by molar-refractivity contribution is 0.0748. The molecule has 1 aromatic rings. The van der Waals surface area contributed by atoms with E-state index in [1.54, 1.807) is 11.9 Å². The Hall–Kier alpha value is -1.56. The lowest BCUT2D eigenvalue weighted by Crippen LogP contribution is -2.38. The van der Waals surface area contributed by atoms with Gasteiger partial charge in [0.1, 0.15) is 0 Å². The standard InChI is InChI=1S/C15H20N2O3S/c1-17(12-7-9-21(19,20)10-12)15(18)13-6-2-4-11-5-3-8-16-14(11)13/h2,4,6,12,16H,3,5,7-10H2,1H3. The molecule has 2 heterocycles. The predicted octanol–water partition coefficient (Wildman–Crippen LogP) is 1.30. The molecular weight excluding hydrogens is 288 g/mol. The van der Waals surface area contributed by atoms with Crippen molar-refractivity contribution >= 4 is 21.4 Å².